The van der Waals surface area contributed by atoms with Crippen LogP contribution >= 0.6 is 11.6 Å². The average molecular weight is 335 g/mol. The lowest BCUT2D eigenvalue weighted by molar-refractivity contribution is -0.384. The Bertz CT molecular complexity index is 762. The number of nitrogens with zero attached hydrogens (tertiary/aromatic N) is 1. The van der Waals surface area contributed by atoms with E-state index in [1.165, 1.54) is 12.1 Å². The molecule has 0 spiro atoms. The summed E-state index contributed by atoms with van der Waals surface area (Å²) < 4.78 is 5.39. The number of carbonyl (C=O) groups excluding carboxylic acids is 1. The predicted molar refractivity (Wildman–Crippen MR) is 88.1 cm³/mol. The van der Waals surface area contributed by atoms with Crippen molar-refractivity contribution in [1.82, 2.24) is 0 Å². The molecule has 0 saturated heterocycles. The number of anilines is 1. The fourth-order valence-electron chi connectivity index (χ4n) is 1.91. The number of rotatable bonds is 5. The smallest absolute Gasteiger partial charge is 0.271 e. The molecule has 2 rings (SSSR count). The molecule has 23 heavy (non-hydrogen) atoms. The highest BCUT2D eigenvalue weighted by molar-refractivity contribution is 6.32. The Hall–Kier alpha value is -2.60. The third-order valence-corrected chi connectivity index (χ3v) is 3.46. The second kappa shape index (κ2) is 7.11. The first kappa shape index (κ1) is 16.8. The first-order valence-corrected chi connectivity index (χ1v) is 7.18. The van der Waals surface area contributed by atoms with Gasteiger partial charge in [-0.15, -0.1) is 0 Å². The lowest BCUT2D eigenvalue weighted by Gasteiger charge is -2.11. The molecule has 0 saturated carbocycles. The lowest BCUT2D eigenvalue weighted by Crippen LogP contribution is -2.20. The minimum Gasteiger partial charge on any atom is -0.482 e. The number of benzene rings is 2. The lowest BCUT2D eigenvalue weighted by atomic mass is 10.2. The highest BCUT2D eigenvalue weighted by Gasteiger charge is 2.12. The van der Waals surface area contributed by atoms with Gasteiger partial charge in [-0.3, -0.25) is 14.9 Å². The van der Waals surface area contributed by atoms with Crippen LogP contribution in [0.3, 0.4) is 0 Å². The maximum absolute atomic E-state index is 12.0. The standard InChI is InChI=1S/C16H15ClN2O4/c1-10-3-6-13(17)15(7-10)23-9-16(20)18-14-8-12(19(21)22)5-4-11(14)2/h3-8H,9H2,1-2H3,(H,18,20). The molecule has 0 aromatic heterocycles. The van der Waals surface area contributed by atoms with E-state index in [2.05, 4.69) is 5.32 Å². The van der Waals surface area contributed by atoms with Crippen molar-refractivity contribution >= 4 is 28.9 Å². The quantitative estimate of drug-likeness (QED) is 0.664. The first-order valence-electron chi connectivity index (χ1n) is 6.80. The number of nitro groups is 1. The normalized spacial score (nSPS) is 10.2. The van der Waals surface area contributed by atoms with Gasteiger partial charge in [0, 0.05) is 12.1 Å². The molecule has 0 radical (unpaired) electrons. The number of nitrogens with one attached hydrogen (secondary N) is 1. The molecule has 0 fully saturated rings. The molecular weight excluding hydrogens is 320 g/mol. The molecule has 0 unspecified atom stereocenters. The SMILES string of the molecule is Cc1ccc(Cl)c(OCC(=O)Nc2cc([N+](=O)[O-])ccc2C)c1. The van der Waals surface area contributed by atoms with Gasteiger partial charge in [-0.2, -0.15) is 0 Å². The number of non-ortho nitro benzene ring substituents is 1. The molecule has 0 atom stereocenters. The summed E-state index contributed by atoms with van der Waals surface area (Å²) in [5, 5.41) is 13.8. The minimum absolute atomic E-state index is 0.0893. The number of hydrogen-bond acceptors (Lipinski definition) is 4. The predicted octanol–water partition coefficient (Wildman–Crippen LogP) is 3.88. The number of ether oxygens (including phenoxy) is 1. The summed E-state index contributed by atoms with van der Waals surface area (Å²) in [6, 6.07) is 9.53. The Morgan fingerprint density at radius 3 is 2.70 bits per heavy atom. The van der Waals surface area contributed by atoms with Crippen LogP contribution in [-0.4, -0.2) is 17.4 Å². The zero-order chi connectivity index (χ0) is 17.0. The molecule has 0 aliphatic rings. The van der Waals surface area contributed by atoms with Gasteiger partial charge in [0.2, 0.25) is 0 Å². The van der Waals surface area contributed by atoms with Crippen LogP contribution in [0.15, 0.2) is 36.4 Å². The van der Waals surface area contributed by atoms with E-state index < -0.39 is 10.8 Å². The highest BCUT2D eigenvalue weighted by atomic mass is 35.5. The molecule has 0 bridgehead atoms. The van der Waals surface area contributed by atoms with Gasteiger partial charge in [0.05, 0.1) is 15.6 Å². The highest BCUT2D eigenvalue weighted by Crippen LogP contribution is 2.25. The fourth-order valence-corrected chi connectivity index (χ4v) is 2.08. The molecule has 120 valence electrons. The molecular formula is C16H15ClN2O4. The van der Waals surface area contributed by atoms with E-state index in [1.54, 1.807) is 25.1 Å². The molecule has 2 aromatic carbocycles. The third-order valence-electron chi connectivity index (χ3n) is 3.15. The van der Waals surface area contributed by atoms with Crippen LogP contribution in [0.25, 0.3) is 0 Å². The summed E-state index contributed by atoms with van der Waals surface area (Å²) in [5.41, 5.74) is 1.97. The summed E-state index contributed by atoms with van der Waals surface area (Å²) in [5.74, 6) is -0.0104. The Kier molecular flexibility index (Phi) is 5.18. The molecule has 1 amide bonds. The van der Waals surface area contributed by atoms with Crippen LogP contribution in [-0.2, 0) is 4.79 Å². The fraction of sp³-hybridized carbons (Fsp3) is 0.188. The van der Waals surface area contributed by atoms with E-state index in [9.17, 15) is 14.9 Å². The van der Waals surface area contributed by atoms with E-state index in [4.69, 9.17) is 16.3 Å². The summed E-state index contributed by atoms with van der Waals surface area (Å²) in [6.07, 6.45) is 0. The van der Waals surface area contributed by atoms with Gasteiger partial charge < -0.3 is 10.1 Å². The molecule has 1 N–H and O–H groups in total. The first-order chi connectivity index (χ1) is 10.9. The maximum atomic E-state index is 12.0. The largest absolute Gasteiger partial charge is 0.482 e. The van der Waals surface area contributed by atoms with E-state index in [0.29, 0.717) is 16.5 Å². The van der Waals surface area contributed by atoms with Crippen LogP contribution in [0.1, 0.15) is 11.1 Å². The van der Waals surface area contributed by atoms with Crippen LogP contribution < -0.4 is 10.1 Å². The molecule has 6 nitrogen and oxygen atoms in total. The summed E-state index contributed by atoms with van der Waals surface area (Å²) in [7, 11) is 0. The summed E-state index contributed by atoms with van der Waals surface area (Å²) >= 11 is 5.99. The van der Waals surface area contributed by atoms with Crippen molar-refractivity contribution in [3.8, 4) is 5.75 Å². The van der Waals surface area contributed by atoms with Gasteiger partial charge >= 0.3 is 0 Å². The van der Waals surface area contributed by atoms with Crippen molar-refractivity contribution in [3.05, 3.63) is 62.7 Å². The number of hydrogen-bond donors (Lipinski definition) is 1. The van der Waals surface area contributed by atoms with E-state index in [0.717, 1.165) is 11.1 Å². The van der Waals surface area contributed by atoms with E-state index >= 15 is 0 Å². The van der Waals surface area contributed by atoms with Gasteiger partial charge in [-0.25, -0.2) is 0 Å². The van der Waals surface area contributed by atoms with Crippen molar-refractivity contribution in [1.29, 1.82) is 0 Å². The van der Waals surface area contributed by atoms with Crippen LogP contribution in [0, 0.1) is 24.0 Å². The van der Waals surface area contributed by atoms with E-state index in [1.807, 2.05) is 13.0 Å². The Morgan fingerprint density at radius 2 is 2.00 bits per heavy atom. The topological polar surface area (TPSA) is 81.5 Å². The van der Waals surface area contributed by atoms with Gasteiger partial charge in [0.15, 0.2) is 6.61 Å². The van der Waals surface area contributed by atoms with Crippen molar-refractivity contribution in [2.75, 3.05) is 11.9 Å². The second-order valence-electron chi connectivity index (χ2n) is 5.03. The monoisotopic (exact) mass is 334 g/mol. The van der Waals surface area contributed by atoms with Gasteiger partial charge in [-0.1, -0.05) is 23.7 Å². The zero-order valence-corrected chi connectivity index (χ0v) is 13.4. The summed E-state index contributed by atoms with van der Waals surface area (Å²) in [4.78, 5) is 22.2. The Morgan fingerprint density at radius 1 is 1.26 bits per heavy atom. The van der Waals surface area contributed by atoms with Crippen molar-refractivity contribution in [2.24, 2.45) is 0 Å². The molecule has 7 heteroatoms. The van der Waals surface area contributed by atoms with Crippen molar-refractivity contribution in [2.45, 2.75) is 13.8 Å². The molecule has 0 aliphatic carbocycles. The van der Waals surface area contributed by atoms with Crippen molar-refractivity contribution < 1.29 is 14.5 Å². The molecule has 0 aliphatic heterocycles. The number of nitro benzene ring substituents is 1. The number of carbonyl (C=O) groups is 1. The minimum atomic E-state index is -0.516. The molecule has 2 aromatic rings. The number of aryl methyl sites for hydroxylation is 2. The van der Waals surface area contributed by atoms with Gasteiger partial charge in [0.25, 0.3) is 11.6 Å². The van der Waals surface area contributed by atoms with Gasteiger partial charge in [0.1, 0.15) is 5.75 Å². The van der Waals surface area contributed by atoms with Crippen LogP contribution in [0.4, 0.5) is 11.4 Å². The van der Waals surface area contributed by atoms with E-state index in [-0.39, 0.29) is 12.3 Å². The second-order valence-corrected chi connectivity index (χ2v) is 5.43. The summed E-state index contributed by atoms with van der Waals surface area (Å²) in [6.45, 7) is 3.39. The van der Waals surface area contributed by atoms with Crippen LogP contribution in [0.2, 0.25) is 5.02 Å². The zero-order valence-electron chi connectivity index (χ0n) is 12.6. The Balaban J connectivity index is 2.04. The number of amides is 1. The molecule has 0 heterocycles. The number of halogens is 1. The van der Waals surface area contributed by atoms with Gasteiger partial charge in [-0.05, 0) is 37.1 Å². The average Bonchev–Trinajstić information content (AvgIpc) is 2.50. The Labute approximate surface area is 138 Å². The van der Waals surface area contributed by atoms with Crippen molar-refractivity contribution in [3.63, 3.8) is 0 Å². The maximum Gasteiger partial charge on any atom is 0.271 e. The van der Waals surface area contributed by atoms with Crippen LogP contribution in [0.5, 0.6) is 5.75 Å². The third kappa shape index (κ3) is 4.43.